The number of halogens is 3. The Kier molecular flexibility index (Phi) is 8.48. The fourth-order valence-corrected chi connectivity index (χ4v) is 2.87. The Labute approximate surface area is 142 Å². The molecule has 0 saturated carbocycles. The van der Waals surface area contributed by atoms with Gasteiger partial charge in [0.2, 0.25) is 5.91 Å². The summed E-state index contributed by atoms with van der Waals surface area (Å²) in [4.78, 5) is 11.9. The molecule has 1 amide bonds. The summed E-state index contributed by atoms with van der Waals surface area (Å²) in [7, 11) is 0. The lowest BCUT2D eigenvalue weighted by atomic mass is 9.93. The molecule has 130 valence electrons. The molecule has 0 aliphatic carbocycles. The minimum atomic E-state index is -0.584. The van der Waals surface area contributed by atoms with E-state index >= 15 is 0 Å². The Morgan fingerprint density at radius 1 is 1.35 bits per heavy atom. The minimum Gasteiger partial charge on any atom is -0.356 e. The van der Waals surface area contributed by atoms with Crippen molar-refractivity contribution < 1.29 is 13.6 Å². The highest BCUT2D eigenvalue weighted by Crippen LogP contribution is 2.20. The zero-order valence-corrected chi connectivity index (χ0v) is 14.2. The van der Waals surface area contributed by atoms with Crippen LogP contribution in [-0.2, 0) is 4.79 Å². The Hall–Kier alpha value is -1.20. The van der Waals surface area contributed by atoms with Crippen LogP contribution in [0.3, 0.4) is 0 Å². The number of nitrogens with one attached hydrogen (secondary N) is 2. The summed E-state index contributed by atoms with van der Waals surface area (Å²) in [5, 5.41) is 6.15. The molecular formula is C17H25ClF2N2O. The lowest BCUT2D eigenvalue weighted by molar-refractivity contribution is -0.121. The van der Waals surface area contributed by atoms with Gasteiger partial charge in [0.15, 0.2) is 0 Å². The predicted octanol–water partition coefficient (Wildman–Crippen LogP) is 3.39. The van der Waals surface area contributed by atoms with Gasteiger partial charge in [-0.3, -0.25) is 4.79 Å². The second-order valence-electron chi connectivity index (χ2n) is 6.10. The number of rotatable bonds is 6. The molecule has 1 aliphatic heterocycles. The molecule has 1 aromatic carbocycles. The van der Waals surface area contributed by atoms with Gasteiger partial charge in [-0.05, 0) is 49.9 Å². The third-order valence-electron chi connectivity index (χ3n) is 4.34. The van der Waals surface area contributed by atoms with Crippen molar-refractivity contribution in [3.05, 3.63) is 35.4 Å². The second-order valence-corrected chi connectivity index (χ2v) is 6.10. The topological polar surface area (TPSA) is 41.1 Å². The summed E-state index contributed by atoms with van der Waals surface area (Å²) in [5.74, 6) is -0.689. The molecule has 3 nitrogen and oxygen atoms in total. The van der Waals surface area contributed by atoms with Crippen molar-refractivity contribution in [2.45, 2.75) is 38.5 Å². The summed E-state index contributed by atoms with van der Waals surface area (Å²) in [6.07, 6.45) is 3.69. The highest BCUT2D eigenvalue weighted by atomic mass is 35.5. The SMILES string of the molecule is CC(CNC(=O)CCC1CCNCC1)c1ccc(F)cc1F.Cl. The van der Waals surface area contributed by atoms with Crippen molar-refractivity contribution in [2.75, 3.05) is 19.6 Å². The van der Waals surface area contributed by atoms with Crippen LogP contribution in [0, 0.1) is 17.6 Å². The fourth-order valence-electron chi connectivity index (χ4n) is 2.87. The minimum absolute atomic E-state index is 0. The molecule has 23 heavy (non-hydrogen) atoms. The maximum absolute atomic E-state index is 13.7. The summed E-state index contributed by atoms with van der Waals surface area (Å²) >= 11 is 0. The molecular weight excluding hydrogens is 322 g/mol. The molecule has 1 unspecified atom stereocenters. The van der Waals surface area contributed by atoms with E-state index in [2.05, 4.69) is 10.6 Å². The van der Waals surface area contributed by atoms with Crippen molar-refractivity contribution >= 4 is 18.3 Å². The lowest BCUT2D eigenvalue weighted by Gasteiger charge is -2.22. The van der Waals surface area contributed by atoms with Crippen LogP contribution in [-0.4, -0.2) is 25.5 Å². The molecule has 1 saturated heterocycles. The molecule has 1 aromatic rings. The van der Waals surface area contributed by atoms with Crippen molar-refractivity contribution in [1.82, 2.24) is 10.6 Å². The van der Waals surface area contributed by atoms with E-state index in [1.54, 1.807) is 0 Å². The molecule has 1 heterocycles. The van der Waals surface area contributed by atoms with Gasteiger partial charge in [0.25, 0.3) is 0 Å². The zero-order valence-electron chi connectivity index (χ0n) is 13.4. The highest BCUT2D eigenvalue weighted by molar-refractivity contribution is 5.85. The van der Waals surface area contributed by atoms with E-state index in [4.69, 9.17) is 0 Å². The third kappa shape index (κ3) is 6.43. The van der Waals surface area contributed by atoms with E-state index in [-0.39, 0.29) is 24.2 Å². The summed E-state index contributed by atoms with van der Waals surface area (Å²) < 4.78 is 26.5. The van der Waals surface area contributed by atoms with E-state index in [1.165, 1.54) is 12.1 Å². The Balaban J connectivity index is 0.00000264. The van der Waals surface area contributed by atoms with Crippen LogP contribution >= 0.6 is 12.4 Å². The Morgan fingerprint density at radius 2 is 2.04 bits per heavy atom. The van der Waals surface area contributed by atoms with E-state index in [9.17, 15) is 13.6 Å². The van der Waals surface area contributed by atoms with E-state index < -0.39 is 11.6 Å². The largest absolute Gasteiger partial charge is 0.356 e. The van der Waals surface area contributed by atoms with Crippen LogP contribution in [0.25, 0.3) is 0 Å². The van der Waals surface area contributed by atoms with Crippen LogP contribution in [0.5, 0.6) is 0 Å². The van der Waals surface area contributed by atoms with Gasteiger partial charge >= 0.3 is 0 Å². The monoisotopic (exact) mass is 346 g/mol. The van der Waals surface area contributed by atoms with Crippen LogP contribution in [0.15, 0.2) is 18.2 Å². The molecule has 0 spiro atoms. The average molecular weight is 347 g/mol. The van der Waals surface area contributed by atoms with Gasteiger partial charge in [-0.2, -0.15) is 0 Å². The number of piperidine rings is 1. The Morgan fingerprint density at radius 3 is 2.70 bits per heavy atom. The number of benzene rings is 1. The average Bonchev–Trinajstić information content (AvgIpc) is 2.51. The van der Waals surface area contributed by atoms with E-state index in [0.717, 1.165) is 38.4 Å². The predicted molar refractivity (Wildman–Crippen MR) is 89.9 cm³/mol. The molecule has 6 heteroatoms. The molecule has 0 radical (unpaired) electrons. The highest BCUT2D eigenvalue weighted by Gasteiger charge is 2.16. The molecule has 1 atom stereocenters. The summed E-state index contributed by atoms with van der Waals surface area (Å²) in [6.45, 7) is 4.26. The smallest absolute Gasteiger partial charge is 0.220 e. The quantitative estimate of drug-likeness (QED) is 0.829. The third-order valence-corrected chi connectivity index (χ3v) is 4.34. The van der Waals surface area contributed by atoms with Crippen molar-refractivity contribution in [3.63, 3.8) is 0 Å². The number of amides is 1. The molecule has 1 fully saturated rings. The number of carbonyl (C=O) groups is 1. The molecule has 2 rings (SSSR count). The van der Waals surface area contributed by atoms with Gasteiger partial charge in [-0.15, -0.1) is 12.4 Å². The van der Waals surface area contributed by atoms with Gasteiger partial charge < -0.3 is 10.6 Å². The van der Waals surface area contributed by atoms with Crippen molar-refractivity contribution in [3.8, 4) is 0 Å². The lowest BCUT2D eigenvalue weighted by Crippen LogP contribution is -2.30. The van der Waals surface area contributed by atoms with Crippen LogP contribution < -0.4 is 10.6 Å². The maximum atomic E-state index is 13.7. The maximum Gasteiger partial charge on any atom is 0.220 e. The summed E-state index contributed by atoms with van der Waals surface area (Å²) in [5.41, 5.74) is 0.431. The summed E-state index contributed by atoms with van der Waals surface area (Å²) in [6, 6.07) is 3.56. The molecule has 0 aromatic heterocycles. The van der Waals surface area contributed by atoms with Gasteiger partial charge in [0.05, 0.1) is 0 Å². The van der Waals surface area contributed by atoms with Gasteiger partial charge in [-0.25, -0.2) is 8.78 Å². The first-order valence-corrected chi connectivity index (χ1v) is 7.98. The van der Waals surface area contributed by atoms with Gasteiger partial charge in [-0.1, -0.05) is 13.0 Å². The first kappa shape index (κ1) is 19.8. The number of hydrogen-bond acceptors (Lipinski definition) is 2. The van der Waals surface area contributed by atoms with Crippen LogP contribution in [0.4, 0.5) is 8.78 Å². The number of carbonyl (C=O) groups excluding carboxylic acids is 1. The molecule has 0 bridgehead atoms. The van der Waals surface area contributed by atoms with Crippen molar-refractivity contribution in [2.24, 2.45) is 5.92 Å². The number of hydrogen-bond donors (Lipinski definition) is 2. The van der Waals surface area contributed by atoms with Crippen molar-refractivity contribution in [1.29, 1.82) is 0 Å². The van der Waals surface area contributed by atoms with E-state index in [0.29, 0.717) is 24.4 Å². The fraction of sp³-hybridized carbons (Fsp3) is 0.588. The molecule has 2 N–H and O–H groups in total. The standard InChI is InChI=1S/C17H24F2N2O.ClH/c1-12(15-4-3-14(18)10-16(15)19)11-21-17(22)5-2-13-6-8-20-9-7-13;/h3-4,10,12-13,20H,2,5-9,11H2,1H3,(H,21,22);1H. The Bertz CT molecular complexity index is 507. The van der Waals surface area contributed by atoms with E-state index in [1.807, 2.05) is 6.92 Å². The first-order valence-electron chi connectivity index (χ1n) is 7.98. The zero-order chi connectivity index (χ0) is 15.9. The van der Waals surface area contributed by atoms with Gasteiger partial charge in [0, 0.05) is 24.9 Å². The normalized spacial score (nSPS) is 16.5. The first-order chi connectivity index (χ1) is 10.6. The van der Waals surface area contributed by atoms with Crippen LogP contribution in [0.1, 0.15) is 44.1 Å². The molecule has 1 aliphatic rings. The second kappa shape index (κ2) is 9.83. The van der Waals surface area contributed by atoms with Gasteiger partial charge in [0.1, 0.15) is 11.6 Å². The van der Waals surface area contributed by atoms with Crippen LogP contribution in [0.2, 0.25) is 0 Å².